The summed E-state index contributed by atoms with van der Waals surface area (Å²) in [4.78, 5) is 15.7. The highest BCUT2D eigenvalue weighted by molar-refractivity contribution is 9.13. The van der Waals surface area contributed by atoms with Crippen molar-refractivity contribution in [2.75, 3.05) is 7.11 Å². The van der Waals surface area contributed by atoms with E-state index >= 15 is 0 Å². The van der Waals surface area contributed by atoms with Crippen molar-refractivity contribution < 1.29 is 9.53 Å². The molecule has 0 amide bonds. The number of benzene rings is 1. The first-order valence-corrected chi connectivity index (χ1v) is 6.04. The summed E-state index contributed by atoms with van der Waals surface area (Å²) in [6.45, 7) is 0. The molecule has 3 nitrogen and oxygen atoms in total. The SMILES string of the molecule is COC(=O)c1ccc2nc(Br)c(Br)cc2c1. The molecule has 0 N–H and O–H groups in total. The van der Waals surface area contributed by atoms with Gasteiger partial charge < -0.3 is 4.74 Å². The van der Waals surface area contributed by atoms with Gasteiger partial charge in [-0.1, -0.05) is 0 Å². The summed E-state index contributed by atoms with van der Waals surface area (Å²) >= 11 is 6.70. The number of carbonyl (C=O) groups is 1. The number of hydrogen-bond donors (Lipinski definition) is 0. The van der Waals surface area contributed by atoms with Crippen molar-refractivity contribution in [2.45, 2.75) is 0 Å². The molecule has 0 unspecified atom stereocenters. The van der Waals surface area contributed by atoms with Crippen molar-refractivity contribution in [3.63, 3.8) is 0 Å². The number of nitrogens with zero attached hydrogens (tertiary/aromatic N) is 1. The Kier molecular flexibility index (Phi) is 3.25. The van der Waals surface area contributed by atoms with Crippen LogP contribution < -0.4 is 0 Å². The number of esters is 1. The lowest BCUT2D eigenvalue weighted by Crippen LogP contribution is -2.00. The van der Waals surface area contributed by atoms with Gasteiger partial charge in [-0.15, -0.1) is 0 Å². The van der Waals surface area contributed by atoms with Gasteiger partial charge in [-0.25, -0.2) is 9.78 Å². The quantitative estimate of drug-likeness (QED) is 0.586. The van der Waals surface area contributed by atoms with E-state index in [1.807, 2.05) is 6.07 Å². The first kappa shape index (κ1) is 11.5. The van der Waals surface area contributed by atoms with E-state index in [4.69, 9.17) is 0 Å². The molecule has 1 heterocycles. The van der Waals surface area contributed by atoms with Gasteiger partial charge in [-0.2, -0.15) is 0 Å². The van der Waals surface area contributed by atoms with Crippen molar-refractivity contribution in [3.8, 4) is 0 Å². The van der Waals surface area contributed by atoms with Gasteiger partial charge in [0.2, 0.25) is 0 Å². The van der Waals surface area contributed by atoms with Gasteiger partial charge in [0.15, 0.2) is 0 Å². The maximum Gasteiger partial charge on any atom is 0.337 e. The van der Waals surface area contributed by atoms with E-state index in [1.165, 1.54) is 7.11 Å². The number of fused-ring (bicyclic) bond motifs is 1. The normalized spacial score (nSPS) is 10.4. The molecule has 0 spiro atoms. The van der Waals surface area contributed by atoms with Crippen LogP contribution in [0.4, 0.5) is 0 Å². The lowest BCUT2D eigenvalue weighted by molar-refractivity contribution is 0.0601. The smallest absolute Gasteiger partial charge is 0.337 e. The van der Waals surface area contributed by atoms with Crippen LogP contribution >= 0.6 is 31.9 Å². The zero-order chi connectivity index (χ0) is 11.7. The molecular formula is C11H7Br2NO2. The predicted molar refractivity (Wildman–Crippen MR) is 68.5 cm³/mol. The molecule has 5 heteroatoms. The highest BCUT2D eigenvalue weighted by Crippen LogP contribution is 2.26. The number of halogens is 2. The maximum absolute atomic E-state index is 11.3. The molecule has 0 aliphatic rings. The molecule has 82 valence electrons. The minimum absolute atomic E-state index is 0.346. The van der Waals surface area contributed by atoms with Crippen molar-refractivity contribution in [1.29, 1.82) is 0 Å². The van der Waals surface area contributed by atoms with E-state index in [1.54, 1.807) is 18.2 Å². The summed E-state index contributed by atoms with van der Waals surface area (Å²) < 4.78 is 6.25. The van der Waals surface area contributed by atoms with Gasteiger partial charge in [0, 0.05) is 5.39 Å². The van der Waals surface area contributed by atoms with Crippen LogP contribution in [0.2, 0.25) is 0 Å². The van der Waals surface area contributed by atoms with Crippen LogP contribution in [0.1, 0.15) is 10.4 Å². The van der Waals surface area contributed by atoms with Crippen LogP contribution in [0.3, 0.4) is 0 Å². The first-order valence-electron chi connectivity index (χ1n) is 4.46. The molecular weight excluding hydrogens is 338 g/mol. The summed E-state index contributed by atoms with van der Waals surface area (Å²) in [5, 5.41) is 0.887. The maximum atomic E-state index is 11.3. The number of ether oxygens (including phenoxy) is 1. The second-order valence-corrected chi connectivity index (χ2v) is 4.77. The Morgan fingerprint density at radius 1 is 1.31 bits per heavy atom. The summed E-state index contributed by atoms with van der Waals surface area (Å²) in [6.07, 6.45) is 0. The van der Waals surface area contributed by atoms with Crippen molar-refractivity contribution in [3.05, 3.63) is 38.9 Å². The fourth-order valence-corrected chi connectivity index (χ4v) is 2.01. The van der Waals surface area contributed by atoms with Gasteiger partial charge in [0.25, 0.3) is 0 Å². The van der Waals surface area contributed by atoms with Gasteiger partial charge in [-0.3, -0.25) is 0 Å². The topological polar surface area (TPSA) is 39.2 Å². The Labute approximate surface area is 109 Å². The average molecular weight is 345 g/mol. The molecule has 0 saturated carbocycles. The van der Waals surface area contributed by atoms with Crippen LogP contribution in [0.25, 0.3) is 10.9 Å². The molecule has 0 radical (unpaired) electrons. The Hall–Kier alpha value is -0.940. The van der Waals surface area contributed by atoms with Crippen molar-refractivity contribution in [2.24, 2.45) is 0 Å². The number of carbonyl (C=O) groups excluding carboxylic acids is 1. The molecule has 0 atom stereocenters. The zero-order valence-electron chi connectivity index (χ0n) is 8.33. The van der Waals surface area contributed by atoms with E-state index < -0.39 is 0 Å². The monoisotopic (exact) mass is 343 g/mol. The van der Waals surface area contributed by atoms with Crippen LogP contribution in [0, 0.1) is 0 Å². The largest absolute Gasteiger partial charge is 0.465 e. The molecule has 2 aromatic rings. The minimum atomic E-state index is -0.346. The van der Waals surface area contributed by atoms with Crippen LogP contribution in [0.5, 0.6) is 0 Å². The van der Waals surface area contributed by atoms with Crippen LogP contribution in [0.15, 0.2) is 33.3 Å². The van der Waals surface area contributed by atoms with Crippen molar-refractivity contribution >= 4 is 48.7 Å². The van der Waals surface area contributed by atoms with Gasteiger partial charge in [0.1, 0.15) is 4.60 Å². The molecule has 0 fully saturated rings. The number of hydrogen-bond acceptors (Lipinski definition) is 3. The molecule has 16 heavy (non-hydrogen) atoms. The number of aromatic nitrogens is 1. The number of pyridine rings is 1. The standard InChI is InChI=1S/C11H7Br2NO2/c1-16-11(15)6-2-3-9-7(4-6)5-8(12)10(13)14-9/h2-5H,1H3. The van der Waals surface area contributed by atoms with Crippen molar-refractivity contribution in [1.82, 2.24) is 4.98 Å². The van der Waals surface area contributed by atoms with E-state index in [-0.39, 0.29) is 5.97 Å². The number of rotatable bonds is 1. The molecule has 2 rings (SSSR count). The molecule has 0 aliphatic heterocycles. The van der Waals surface area contributed by atoms with Gasteiger partial charge in [0.05, 0.1) is 22.7 Å². The molecule has 0 saturated heterocycles. The summed E-state index contributed by atoms with van der Waals surface area (Å²) in [7, 11) is 1.36. The Bertz CT molecular complexity index is 569. The highest BCUT2D eigenvalue weighted by Gasteiger charge is 2.08. The van der Waals surface area contributed by atoms with E-state index in [2.05, 4.69) is 41.6 Å². The average Bonchev–Trinajstić information content (AvgIpc) is 2.29. The highest BCUT2D eigenvalue weighted by atomic mass is 79.9. The number of methoxy groups -OCH3 is 1. The fourth-order valence-electron chi connectivity index (χ4n) is 1.37. The summed E-state index contributed by atoms with van der Waals surface area (Å²) in [6, 6.07) is 7.14. The minimum Gasteiger partial charge on any atom is -0.465 e. The van der Waals surface area contributed by atoms with Gasteiger partial charge >= 0.3 is 5.97 Å². The van der Waals surface area contributed by atoms with E-state index in [9.17, 15) is 4.79 Å². The zero-order valence-corrected chi connectivity index (χ0v) is 11.5. The lowest BCUT2D eigenvalue weighted by Gasteiger charge is -2.03. The second kappa shape index (κ2) is 4.51. The summed E-state index contributed by atoms with van der Waals surface area (Å²) in [5.74, 6) is -0.346. The third-order valence-electron chi connectivity index (χ3n) is 2.15. The first-order chi connectivity index (χ1) is 7.61. The fraction of sp³-hybridized carbons (Fsp3) is 0.0909. The third-order valence-corrected chi connectivity index (χ3v) is 3.89. The molecule has 1 aromatic carbocycles. The Morgan fingerprint density at radius 3 is 2.75 bits per heavy atom. The Balaban J connectivity index is 2.62. The van der Waals surface area contributed by atoms with Gasteiger partial charge in [-0.05, 0) is 56.1 Å². The third kappa shape index (κ3) is 2.10. The Morgan fingerprint density at radius 2 is 2.06 bits per heavy atom. The molecule has 0 bridgehead atoms. The second-order valence-electron chi connectivity index (χ2n) is 3.16. The van der Waals surface area contributed by atoms with E-state index in [0.29, 0.717) is 5.56 Å². The van der Waals surface area contributed by atoms with Crippen LogP contribution in [-0.2, 0) is 4.74 Å². The van der Waals surface area contributed by atoms with E-state index in [0.717, 1.165) is 20.0 Å². The molecule has 0 aliphatic carbocycles. The predicted octanol–water partition coefficient (Wildman–Crippen LogP) is 3.55. The molecule has 1 aromatic heterocycles. The van der Waals surface area contributed by atoms with Crippen LogP contribution in [-0.4, -0.2) is 18.1 Å². The summed E-state index contributed by atoms with van der Waals surface area (Å²) in [5.41, 5.74) is 1.34. The lowest BCUT2D eigenvalue weighted by atomic mass is 10.1.